The second-order valence-electron chi connectivity index (χ2n) is 2.25. The van der Waals surface area contributed by atoms with E-state index in [0.29, 0.717) is 5.56 Å². The molecule has 0 saturated carbocycles. The van der Waals surface area contributed by atoms with Gasteiger partial charge in [-0.05, 0) is 6.92 Å². The average molecular weight is 174 g/mol. The van der Waals surface area contributed by atoms with Gasteiger partial charge in [-0.3, -0.25) is 0 Å². The van der Waals surface area contributed by atoms with Crippen LogP contribution in [0.25, 0.3) is 0 Å². The molecule has 0 unspecified atom stereocenters. The third kappa shape index (κ3) is 2.05. The fourth-order valence-corrected chi connectivity index (χ4v) is 0.743. The molecular formula is C7H8F2N2O. The van der Waals surface area contributed by atoms with Crippen LogP contribution < -0.4 is 10.5 Å². The normalized spacial score (nSPS) is 10.3. The first-order chi connectivity index (χ1) is 5.59. The summed E-state index contributed by atoms with van der Waals surface area (Å²) in [6.45, 7) is -1.21. The lowest BCUT2D eigenvalue weighted by Crippen LogP contribution is -2.04. The van der Waals surface area contributed by atoms with Gasteiger partial charge in [0.05, 0.1) is 0 Å². The van der Waals surface area contributed by atoms with Gasteiger partial charge in [0.2, 0.25) is 0 Å². The Morgan fingerprint density at radius 1 is 1.58 bits per heavy atom. The Kier molecular flexibility index (Phi) is 2.42. The molecule has 2 N–H and O–H groups in total. The largest absolute Gasteiger partial charge is 0.434 e. The van der Waals surface area contributed by atoms with Crippen molar-refractivity contribution in [3.63, 3.8) is 0 Å². The van der Waals surface area contributed by atoms with Crippen LogP contribution in [0.15, 0.2) is 12.3 Å². The maximum absolute atomic E-state index is 11.7. The molecule has 1 heterocycles. The molecule has 0 spiro atoms. The van der Waals surface area contributed by atoms with Gasteiger partial charge in [-0.2, -0.15) is 8.78 Å². The van der Waals surface area contributed by atoms with Crippen molar-refractivity contribution in [2.75, 3.05) is 5.73 Å². The van der Waals surface area contributed by atoms with Crippen LogP contribution >= 0.6 is 0 Å². The van der Waals surface area contributed by atoms with Crippen LogP contribution in [0.1, 0.15) is 5.56 Å². The summed E-state index contributed by atoms with van der Waals surface area (Å²) in [5, 5.41) is 0. The van der Waals surface area contributed by atoms with Crippen LogP contribution in [-0.4, -0.2) is 11.6 Å². The Hall–Kier alpha value is -1.39. The molecule has 0 atom stereocenters. The summed E-state index contributed by atoms with van der Waals surface area (Å²) in [6, 6.07) is 1.27. The summed E-state index contributed by atoms with van der Waals surface area (Å²) in [5.41, 5.74) is 5.80. The standard InChI is InChI=1S/C7H8F2N2O/c1-4-3-11-6(10)2-5(4)12-7(8)9/h2-3,7H,1H3,(H2,10,11). The Bertz CT molecular complexity index is 278. The maximum atomic E-state index is 11.7. The zero-order chi connectivity index (χ0) is 9.14. The maximum Gasteiger partial charge on any atom is 0.387 e. The molecular weight excluding hydrogens is 166 g/mol. The lowest BCUT2D eigenvalue weighted by atomic mass is 10.3. The van der Waals surface area contributed by atoms with E-state index in [1.165, 1.54) is 12.3 Å². The van der Waals surface area contributed by atoms with Crippen molar-refractivity contribution in [1.29, 1.82) is 0 Å². The number of anilines is 1. The van der Waals surface area contributed by atoms with E-state index < -0.39 is 6.61 Å². The monoisotopic (exact) mass is 174 g/mol. The molecule has 0 radical (unpaired) electrons. The number of ether oxygens (including phenoxy) is 1. The number of halogens is 2. The van der Waals surface area contributed by atoms with Gasteiger partial charge in [-0.1, -0.05) is 0 Å². The van der Waals surface area contributed by atoms with Crippen molar-refractivity contribution in [1.82, 2.24) is 4.98 Å². The number of aryl methyl sites for hydroxylation is 1. The number of hydrogen-bond acceptors (Lipinski definition) is 3. The molecule has 12 heavy (non-hydrogen) atoms. The highest BCUT2D eigenvalue weighted by Gasteiger charge is 2.07. The fourth-order valence-electron chi connectivity index (χ4n) is 0.743. The van der Waals surface area contributed by atoms with Crippen LogP contribution in [-0.2, 0) is 0 Å². The number of rotatable bonds is 2. The topological polar surface area (TPSA) is 48.1 Å². The lowest BCUT2D eigenvalue weighted by Gasteiger charge is -2.06. The van der Waals surface area contributed by atoms with Crippen LogP contribution in [0.4, 0.5) is 14.6 Å². The second kappa shape index (κ2) is 3.34. The van der Waals surface area contributed by atoms with Crippen molar-refractivity contribution in [2.24, 2.45) is 0 Å². The van der Waals surface area contributed by atoms with Crippen molar-refractivity contribution >= 4 is 5.82 Å². The molecule has 0 aromatic carbocycles. The molecule has 0 aliphatic carbocycles. The molecule has 5 heteroatoms. The fraction of sp³-hybridized carbons (Fsp3) is 0.286. The lowest BCUT2D eigenvalue weighted by molar-refractivity contribution is -0.0502. The van der Waals surface area contributed by atoms with E-state index in [4.69, 9.17) is 5.73 Å². The summed E-state index contributed by atoms with van der Waals surface area (Å²) in [5.74, 6) is 0.230. The van der Waals surface area contributed by atoms with Crippen molar-refractivity contribution in [3.05, 3.63) is 17.8 Å². The van der Waals surface area contributed by atoms with Crippen molar-refractivity contribution in [3.8, 4) is 5.75 Å². The van der Waals surface area contributed by atoms with Crippen molar-refractivity contribution < 1.29 is 13.5 Å². The Morgan fingerprint density at radius 2 is 2.25 bits per heavy atom. The van der Waals surface area contributed by atoms with E-state index in [-0.39, 0.29) is 11.6 Å². The molecule has 0 saturated heterocycles. The average Bonchev–Trinajstić information content (AvgIpc) is 1.96. The highest BCUT2D eigenvalue weighted by molar-refractivity contribution is 5.41. The minimum atomic E-state index is -2.83. The molecule has 0 aliphatic heterocycles. The quantitative estimate of drug-likeness (QED) is 0.740. The number of hydrogen-bond donors (Lipinski definition) is 1. The molecule has 0 aliphatic rings. The van der Waals surface area contributed by atoms with Gasteiger partial charge in [0.25, 0.3) is 0 Å². The van der Waals surface area contributed by atoms with Crippen LogP contribution in [0, 0.1) is 6.92 Å². The van der Waals surface area contributed by atoms with Gasteiger partial charge < -0.3 is 10.5 Å². The van der Waals surface area contributed by atoms with E-state index in [2.05, 4.69) is 9.72 Å². The molecule has 1 aromatic heterocycles. The zero-order valence-corrected chi connectivity index (χ0v) is 6.42. The molecule has 0 amide bonds. The minimum Gasteiger partial charge on any atom is -0.434 e. The summed E-state index contributed by atoms with van der Waals surface area (Å²) >= 11 is 0. The highest BCUT2D eigenvalue weighted by Crippen LogP contribution is 2.20. The predicted molar refractivity (Wildman–Crippen MR) is 40.0 cm³/mol. The second-order valence-corrected chi connectivity index (χ2v) is 2.25. The molecule has 1 rings (SSSR count). The number of nitrogen functional groups attached to an aromatic ring is 1. The predicted octanol–water partition coefficient (Wildman–Crippen LogP) is 1.57. The smallest absolute Gasteiger partial charge is 0.387 e. The number of pyridine rings is 1. The highest BCUT2D eigenvalue weighted by atomic mass is 19.3. The number of aromatic nitrogens is 1. The van der Waals surface area contributed by atoms with E-state index >= 15 is 0 Å². The third-order valence-corrected chi connectivity index (χ3v) is 1.29. The van der Waals surface area contributed by atoms with Gasteiger partial charge in [0.15, 0.2) is 0 Å². The Balaban J connectivity index is 2.90. The van der Waals surface area contributed by atoms with Crippen LogP contribution in [0.2, 0.25) is 0 Å². The molecule has 0 bridgehead atoms. The van der Waals surface area contributed by atoms with Crippen molar-refractivity contribution in [2.45, 2.75) is 13.5 Å². The summed E-state index contributed by atoms with van der Waals surface area (Å²) in [6.07, 6.45) is 1.38. The Labute approximate surface area is 68.2 Å². The number of nitrogens with two attached hydrogens (primary N) is 1. The minimum absolute atomic E-state index is 0.0671. The number of alkyl halides is 2. The first kappa shape index (κ1) is 8.70. The van der Waals surface area contributed by atoms with E-state index in [0.717, 1.165) is 0 Å². The third-order valence-electron chi connectivity index (χ3n) is 1.29. The van der Waals surface area contributed by atoms with Crippen LogP contribution in [0.5, 0.6) is 5.75 Å². The number of nitrogens with zero attached hydrogens (tertiary/aromatic N) is 1. The summed E-state index contributed by atoms with van der Waals surface area (Å²) in [7, 11) is 0. The van der Waals surface area contributed by atoms with Gasteiger partial charge in [-0.25, -0.2) is 4.98 Å². The summed E-state index contributed by atoms with van der Waals surface area (Å²) < 4.78 is 27.7. The molecule has 0 fully saturated rings. The zero-order valence-electron chi connectivity index (χ0n) is 6.42. The first-order valence-electron chi connectivity index (χ1n) is 3.26. The SMILES string of the molecule is Cc1cnc(N)cc1OC(F)F. The van der Waals surface area contributed by atoms with Crippen LogP contribution in [0.3, 0.4) is 0 Å². The van der Waals surface area contributed by atoms with E-state index in [9.17, 15) is 8.78 Å². The molecule has 3 nitrogen and oxygen atoms in total. The van der Waals surface area contributed by atoms with Gasteiger partial charge in [0, 0.05) is 17.8 Å². The molecule has 1 aromatic rings. The van der Waals surface area contributed by atoms with Gasteiger partial charge in [-0.15, -0.1) is 0 Å². The van der Waals surface area contributed by atoms with Gasteiger partial charge in [0.1, 0.15) is 11.6 Å². The van der Waals surface area contributed by atoms with E-state index in [1.54, 1.807) is 6.92 Å². The molecule has 66 valence electrons. The summed E-state index contributed by atoms with van der Waals surface area (Å²) in [4.78, 5) is 3.70. The van der Waals surface area contributed by atoms with Gasteiger partial charge >= 0.3 is 6.61 Å². The van der Waals surface area contributed by atoms with E-state index in [1.807, 2.05) is 0 Å². The Morgan fingerprint density at radius 3 is 2.83 bits per heavy atom. The first-order valence-corrected chi connectivity index (χ1v) is 3.26.